The maximum atomic E-state index is 12.7. The molecule has 0 aromatic heterocycles. The van der Waals surface area contributed by atoms with Crippen molar-refractivity contribution in [2.45, 2.75) is 55.4 Å². The molecule has 4 nitrogen and oxygen atoms in total. The van der Waals surface area contributed by atoms with Crippen LogP contribution in [0.25, 0.3) is 0 Å². The van der Waals surface area contributed by atoms with Crippen LogP contribution in [0.2, 0.25) is 0 Å². The fourth-order valence-corrected chi connectivity index (χ4v) is 5.15. The number of nitrogens with one attached hydrogen (secondary N) is 1. The summed E-state index contributed by atoms with van der Waals surface area (Å²) in [4.78, 5) is 22.4. The minimum Gasteiger partial charge on any atom is -0.351 e. The van der Waals surface area contributed by atoms with Crippen LogP contribution in [0.4, 0.5) is 5.69 Å². The SMILES string of the molecule is CCC1=Nc2cc(C(=O)NCCN3CCCCC3C)ccc2Sc2ccccc21. The van der Waals surface area contributed by atoms with Gasteiger partial charge in [0.25, 0.3) is 5.91 Å². The smallest absolute Gasteiger partial charge is 0.251 e. The molecule has 0 spiro atoms. The van der Waals surface area contributed by atoms with E-state index in [1.807, 2.05) is 18.2 Å². The maximum Gasteiger partial charge on any atom is 0.251 e. The number of nitrogens with zero attached hydrogens (tertiary/aromatic N) is 2. The number of aliphatic imine (C=N–C) groups is 1. The van der Waals surface area contributed by atoms with Crippen molar-refractivity contribution in [3.05, 3.63) is 53.6 Å². The molecule has 2 heterocycles. The molecule has 2 aromatic carbocycles. The second-order valence-electron chi connectivity index (χ2n) is 7.83. The zero-order chi connectivity index (χ0) is 20.2. The van der Waals surface area contributed by atoms with E-state index in [0.717, 1.165) is 35.8 Å². The van der Waals surface area contributed by atoms with Crippen molar-refractivity contribution < 1.29 is 4.79 Å². The predicted octanol–water partition coefficient (Wildman–Crippen LogP) is 5.29. The molecule has 4 rings (SSSR count). The van der Waals surface area contributed by atoms with Crippen LogP contribution in [-0.4, -0.2) is 42.2 Å². The molecule has 0 saturated carbocycles. The third kappa shape index (κ3) is 4.57. The lowest BCUT2D eigenvalue weighted by molar-refractivity contribution is 0.0938. The Morgan fingerprint density at radius 3 is 2.90 bits per heavy atom. The summed E-state index contributed by atoms with van der Waals surface area (Å²) in [5.41, 5.74) is 3.84. The number of likely N-dealkylation sites (tertiary alicyclic amines) is 1. The first-order valence-electron chi connectivity index (χ1n) is 10.7. The molecule has 2 aliphatic rings. The Kier molecular flexibility index (Phi) is 6.36. The number of hydrogen-bond donors (Lipinski definition) is 1. The zero-order valence-corrected chi connectivity index (χ0v) is 18.1. The van der Waals surface area contributed by atoms with Gasteiger partial charge in [-0.15, -0.1) is 0 Å². The van der Waals surface area contributed by atoms with Gasteiger partial charge in [-0.25, -0.2) is 0 Å². The van der Waals surface area contributed by atoms with Crippen LogP contribution >= 0.6 is 11.8 Å². The van der Waals surface area contributed by atoms with Crippen LogP contribution in [0.15, 0.2) is 57.2 Å². The number of carbonyl (C=O) groups is 1. The zero-order valence-electron chi connectivity index (χ0n) is 17.3. The van der Waals surface area contributed by atoms with Gasteiger partial charge in [-0.2, -0.15) is 0 Å². The van der Waals surface area contributed by atoms with Crippen molar-refractivity contribution in [1.82, 2.24) is 10.2 Å². The summed E-state index contributed by atoms with van der Waals surface area (Å²) in [6, 6.07) is 14.9. The largest absolute Gasteiger partial charge is 0.351 e. The average Bonchev–Trinajstić information content (AvgIpc) is 2.90. The molecule has 5 heteroatoms. The van der Waals surface area contributed by atoms with E-state index < -0.39 is 0 Å². The van der Waals surface area contributed by atoms with E-state index in [1.54, 1.807) is 11.8 Å². The third-order valence-corrected chi connectivity index (χ3v) is 7.00. The first kappa shape index (κ1) is 20.2. The topological polar surface area (TPSA) is 44.7 Å². The van der Waals surface area contributed by atoms with Gasteiger partial charge in [-0.3, -0.25) is 14.7 Å². The van der Waals surface area contributed by atoms with Crippen LogP contribution < -0.4 is 5.32 Å². The van der Waals surface area contributed by atoms with Crippen molar-refractivity contribution in [1.29, 1.82) is 0 Å². The standard InChI is InChI=1S/C24H29N3OS/c1-3-20-19-9-4-5-10-22(19)29-23-12-11-18(16-21(23)26-20)24(28)25-13-15-27-14-7-6-8-17(27)2/h4-5,9-12,16-17H,3,6-8,13-15H2,1-2H3,(H,25,28). The minimum atomic E-state index is -0.0162. The number of hydrogen-bond acceptors (Lipinski definition) is 4. The van der Waals surface area contributed by atoms with Gasteiger partial charge in [0.1, 0.15) is 0 Å². The normalized spacial score (nSPS) is 19.0. The molecule has 1 N–H and O–H groups in total. The van der Waals surface area contributed by atoms with Gasteiger partial charge in [-0.05, 0) is 57.0 Å². The summed E-state index contributed by atoms with van der Waals surface area (Å²) < 4.78 is 0. The van der Waals surface area contributed by atoms with Gasteiger partial charge in [0, 0.05) is 45.8 Å². The number of amides is 1. The summed E-state index contributed by atoms with van der Waals surface area (Å²) in [5.74, 6) is -0.0162. The highest BCUT2D eigenvalue weighted by atomic mass is 32.2. The van der Waals surface area contributed by atoms with E-state index in [1.165, 1.54) is 29.7 Å². The van der Waals surface area contributed by atoms with Crippen LogP contribution in [0, 0.1) is 0 Å². The Morgan fingerprint density at radius 1 is 1.21 bits per heavy atom. The monoisotopic (exact) mass is 407 g/mol. The lowest BCUT2D eigenvalue weighted by Gasteiger charge is -2.33. The molecule has 1 atom stereocenters. The van der Waals surface area contributed by atoms with Gasteiger partial charge in [0.05, 0.1) is 5.69 Å². The minimum absolute atomic E-state index is 0.0162. The summed E-state index contributed by atoms with van der Waals surface area (Å²) in [7, 11) is 0. The molecule has 1 amide bonds. The first-order valence-corrected chi connectivity index (χ1v) is 11.5. The van der Waals surface area contributed by atoms with Crippen molar-refractivity contribution in [3.63, 3.8) is 0 Å². The number of fused-ring (bicyclic) bond motifs is 2. The molecule has 1 unspecified atom stereocenters. The first-order chi connectivity index (χ1) is 14.2. The van der Waals surface area contributed by atoms with Crippen LogP contribution in [0.1, 0.15) is 55.5 Å². The van der Waals surface area contributed by atoms with E-state index in [2.05, 4.69) is 48.3 Å². The number of benzene rings is 2. The Hall–Kier alpha value is -2.11. The second kappa shape index (κ2) is 9.14. The molecule has 1 fully saturated rings. The molecule has 2 aliphatic heterocycles. The summed E-state index contributed by atoms with van der Waals surface area (Å²) >= 11 is 1.73. The van der Waals surface area contributed by atoms with E-state index >= 15 is 0 Å². The fourth-order valence-electron chi connectivity index (χ4n) is 4.12. The van der Waals surface area contributed by atoms with E-state index in [0.29, 0.717) is 18.2 Å². The summed E-state index contributed by atoms with van der Waals surface area (Å²) in [6.45, 7) is 7.16. The lowest BCUT2D eigenvalue weighted by Crippen LogP contribution is -2.42. The van der Waals surface area contributed by atoms with Crippen LogP contribution in [0.5, 0.6) is 0 Å². The van der Waals surface area contributed by atoms with Crippen molar-refractivity contribution in [2.24, 2.45) is 4.99 Å². The highest BCUT2D eigenvalue weighted by Crippen LogP contribution is 2.41. The molecular formula is C24H29N3OS. The van der Waals surface area contributed by atoms with Gasteiger partial charge < -0.3 is 5.32 Å². The van der Waals surface area contributed by atoms with Crippen LogP contribution in [0.3, 0.4) is 0 Å². The Morgan fingerprint density at radius 2 is 2.07 bits per heavy atom. The average molecular weight is 408 g/mol. The quantitative estimate of drug-likeness (QED) is 0.733. The van der Waals surface area contributed by atoms with E-state index in [9.17, 15) is 4.79 Å². The Labute approximate surface area is 177 Å². The van der Waals surface area contributed by atoms with Crippen molar-refractivity contribution in [3.8, 4) is 0 Å². The number of rotatable bonds is 5. The van der Waals surface area contributed by atoms with Crippen molar-refractivity contribution >= 4 is 29.1 Å². The van der Waals surface area contributed by atoms with Gasteiger partial charge >= 0.3 is 0 Å². The third-order valence-electron chi connectivity index (χ3n) is 5.85. The highest BCUT2D eigenvalue weighted by Gasteiger charge is 2.19. The Bertz CT molecular complexity index is 924. The lowest BCUT2D eigenvalue weighted by atomic mass is 10.0. The molecule has 0 aliphatic carbocycles. The summed E-state index contributed by atoms with van der Waals surface area (Å²) in [5, 5.41) is 3.10. The Balaban J connectivity index is 1.47. The van der Waals surface area contributed by atoms with Gasteiger partial charge in [-0.1, -0.05) is 43.3 Å². The highest BCUT2D eigenvalue weighted by molar-refractivity contribution is 7.99. The molecular weight excluding hydrogens is 378 g/mol. The molecule has 0 radical (unpaired) electrons. The molecule has 29 heavy (non-hydrogen) atoms. The summed E-state index contributed by atoms with van der Waals surface area (Å²) in [6.07, 6.45) is 4.71. The maximum absolute atomic E-state index is 12.7. The molecule has 0 bridgehead atoms. The van der Waals surface area contributed by atoms with E-state index in [-0.39, 0.29) is 5.91 Å². The molecule has 1 saturated heterocycles. The van der Waals surface area contributed by atoms with E-state index in [4.69, 9.17) is 4.99 Å². The second-order valence-corrected chi connectivity index (χ2v) is 8.91. The number of carbonyl (C=O) groups excluding carboxylic acids is 1. The van der Waals surface area contributed by atoms with Gasteiger partial charge in [0.2, 0.25) is 0 Å². The fraction of sp³-hybridized carbons (Fsp3) is 0.417. The predicted molar refractivity (Wildman–Crippen MR) is 121 cm³/mol. The van der Waals surface area contributed by atoms with Crippen LogP contribution in [-0.2, 0) is 0 Å². The molecule has 2 aromatic rings. The van der Waals surface area contributed by atoms with Crippen molar-refractivity contribution in [2.75, 3.05) is 19.6 Å². The molecule has 152 valence electrons. The number of piperidine rings is 1. The van der Waals surface area contributed by atoms with Gasteiger partial charge in [0.15, 0.2) is 0 Å².